The number of alkyl halides is 2. The van der Waals surface area contributed by atoms with E-state index in [1.807, 2.05) is 19.1 Å². The molecule has 1 atom stereocenters. The molecule has 2 aromatic rings. The molecule has 3 N–H and O–H groups in total. The van der Waals surface area contributed by atoms with Crippen molar-refractivity contribution in [2.75, 3.05) is 36.4 Å². The van der Waals surface area contributed by atoms with Crippen LogP contribution in [0.15, 0.2) is 53.4 Å². The highest BCUT2D eigenvalue weighted by Crippen LogP contribution is 2.26. The van der Waals surface area contributed by atoms with E-state index in [1.165, 1.54) is 4.90 Å². The van der Waals surface area contributed by atoms with E-state index in [9.17, 15) is 18.7 Å². The molecule has 1 aliphatic heterocycles. The number of rotatable bonds is 6. The van der Waals surface area contributed by atoms with Gasteiger partial charge in [-0.3, -0.25) is 4.79 Å². The number of phenols is 1. The van der Waals surface area contributed by atoms with Gasteiger partial charge in [0.25, 0.3) is 11.7 Å². The van der Waals surface area contributed by atoms with Crippen LogP contribution in [-0.4, -0.2) is 49.0 Å². The van der Waals surface area contributed by atoms with Gasteiger partial charge < -0.3 is 20.2 Å². The maximum absolute atomic E-state index is 12.6. The Hall–Kier alpha value is -2.32. The molecule has 1 saturated heterocycles. The van der Waals surface area contributed by atoms with E-state index in [-0.39, 0.29) is 17.7 Å². The first kappa shape index (κ1) is 20.4. The standard InChI is InChI=1S/C20H23F2N3O2S/c1-14(19(27)23-15-2-8-18(9-3-15)28-20(21)22)24-10-12-25(13-11-24)16-4-6-17(26)7-5-16/h2-9,14,20,26H,10-13H2,1H3,(H,23,27)/p+1/t14-/m0/s1. The minimum atomic E-state index is -2.45. The van der Waals surface area contributed by atoms with Crippen LogP contribution < -0.4 is 15.1 Å². The third kappa shape index (κ3) is 5.36. The van der Waals surface area contributed by atoms with E-state index in [0.29, 0.717) is 22.3 Å². The van der Waals surface area contributed by atoms with Crippen molar-refractivity contribution in [3.05, 3.63) is 48.5 Å². The number of quaternary nitrogens is 1. The molecule has 0 radical (unpaired) electrons. The van der Waals surface area contributed by atoms with E-state index in [0.717, 1.165) is 31.9 Å². The second-order valence-electron chi connectivity index (χ2n) is 6.78. The second kappa shape index (κ2) is 9.25. The van der Waals surface area contributed by atoms with Gasteiger partial charge in [0.15, 0.2) is 6.04 Å². The number of halogens is 2. The fraction of sp³-hybridized carbons (Fsp3) is 0.350. The molecule has 1 heterocycles. The minimum absolute atomic E-state index is 0.0812. The number of piperazine rings is 1. The van der Waals surface area contributed by atoms with Crippen molar-refractivity contribution in [1.29, 1.82) is 0 Å². The summed E-state index contributed by atoms with van der Waals surface area (Å²) < 4.78 is 24.7. The van der Waals surface area contributed by atoms with Gasteiger partial charge in [0, 0.05) is 16.3 Å². The van der Waals surface area contributed by atoms with Crippen molar-refractivity contribution < 1.29 is 23.6 Å². The topological polar surface area (TPSA) is 57.0 Å². The largest absolute Gasteiger partial charge is 0.508 e. The Labute approximate surface area is 167 Å². The van der Waals surface area contributed by atoms with E-state index in [4.69, 9.17) is 0 Å². The van der Waals surface area contributed by atoms with Crippen LogP contribution in [0.25, 0.3) is 0 Å². The van der Waals surface area contributed by atoms with Crippen molar-refractivity contribution in [2.24, 2.45) is 0 Å². The smallest absolute Gasteiger partial charge is 0.288 e. The van der Waals surface area contributed by atoms with Gasteiger partial charge in [-0.1, -0.05) is 11.8 Å². The predicted octanol–water partition coefficient (Wildman–Crippen LogP) is 2.44. The molecular weight excluding hydrogens is 384 g/mol. The Morgan fingerprint density at radius 2 is 1.71 bits per heavy atom. The Morgan fingerprint density at radius 1 is 1.11 bits per heavy atom. The predicted molar refractivity (Wildman–Crippen MR) is 107 cm³/mol. The number of thioether (sulfide) groups is 1. The summed E-state index contributed by atoms with van der Waals surface area (Å²) in [4.78, 5) is 16.5. The van der Waals surface area contributed by atoms with Crippen molar-refractivity contribution in [1.82, 2.24) is 0 Å². The summed E-state index contributed by atoms with van der Waals surface area (Å²) in [5.41, 5.74) is 1.67. The van der Waals surface area contributed by atoms with Crippen molar-refractivity contribution in [3.8, 4) is 5.75 Å². The number of hydrogen-bond acceptors (Lipinski definition) is 4. The van der Waals surface area contributed by atoms with Gasteiger partial charge >= 0.3 is 0 Å². The zero-order valence-corrected chi connectivity index (χ0v) is 16.4. The average Bonchev–Trinajstić information content (AvgIpc) is 2.69. The molecule has 0 saturated carbocycles. The summed E-state index contributed by atoms with van der Waals surface area (Å²) >= 11 is 0.485. The number of phenolic OH excluding ortho intramolecular Hbond substituents is 1. The molecule has 2 aromatic carbocycles. The SMILES string of the molecule is C[C@@H](C(=O)Nc1ccc(SC(F)F)cc1)[NH+]1CCN(c2ccc(O)cc2)CC1. The van der Waals surface area contributed by atoms with E-state index in [2.05, 4.69) is 10.2 Å². The van der Waals surface area contributed by atoms with Gasteiger partial charge in [0.1, 0.15) is 5.75 Å². The van der Waals surface area contributed by atoms with Crippen LogP contribution in [0, 0.1) is 0 Å². The number of carbonyl (C=O) groups excluding carboxylic acids is 1. The van der Waals surface area contributed by atoms with Crippen molar-refractivity contribution >= 4 is 29.0 Å². The van der Waals surface area contributed by atoms with Gasteiger partial charge in [-0.05, 0) is 55.5 Å². The first-order valence-electron chi connectivity index (χ1n) is 9.16. The van der Waals surface area contributed by atoms with Gasteiger partial charge in [-0.15, -0.1) is 0 Å². The molecule has 150 valence electrons. The molecule has 8 heteroatoms. The number of hydrogen-bond donors (Lipinski definition) is 3. The maximum Gasteiger partial charge on any atom is 0.288 e. The van der Waals surface area contributed by atoms with E-state index >= 15 is 0 Å². The minimum Gasteiger partial charge on any atom is -0.508 e. The molecule has 0 aliphatic carbocycles. The fourth-order valence-electron chi connectivity index (χ4n) is 3.30. The van der Waals surface area contributed by atoms with Crippen LogP contribution in [0.5, 0.6) is 5.75 Å². The van der Waals surface area contributed by atoms with Crippen molar-refractivity contribution in [2.45, 2.75) is 23.6 Å². The first-order valence-corrected chi connectivity index (χ1v) is 10.0. The molecule has 1 aliphatic rings. The van der Waals surface area contributed by atoms with Crippen LogP contribution in [0.1, 0.15) is 6.92 Å². The van der Waals surface area contributed by atoms with Crippen LogP contribution in [-0.2, 0) is 4.79 Å². The lowest BCUT2D eigenvalue weighted by Crippen LogP contribution is -3.19. The quantitative estimate of drug-likeness (QED) is 0.643. The molecule has 3 rings (SSSR count). The average molecular weight is 408 g/mol. The number of aromatic hydroxyl groups is 1. The van der Waals surface area contributed by atoms with Crippen LogP contribution >= 0.6 is 11.8 Å². The van der Waals surface area contributed by atoms with E-state index < -0.39 is 5.76 Å². The molecule has 28 heavy (non-hydrogen) atoms. The highest BCUT2D eigenvalue weighted by atomic mass is 32.2. The highest BCUT2D eigenvalue weighted by Gasteiger charge is 2.29. The molecular formula is C20H24F2N3O2S+. The Kier molecular flexibility index (Phi) is 6.74. The van der Waals surface area contributed by atoms with Gasteiger partial charge in [-0.25, -0.2) is 0 Å². The zero-order valence-electron chi connectivity index (χ0n) is 15.6. The Balaban J connectivity index is 1.50. The second-order valence-corrected chi connectivity index (χ2v) is 7.84. The van der Waals surface area contributed by atoms with Gasteiger partial charge in [0.2, 0.25) is 0 Å². The third-order valence-electron chi connectivity index (χ3n) is 4.97. The highest BCUT2D eigenvalue weighted by molar-refractivity contribution is 7.99. The third-order valence-corrected chi connectivity index (χ3v) is 5.70. The Bertz CT molecular complexity index is 779. The molecule has 0 aromatic heterocycles. The molecule has 1 fully saturated rings. The molecule has 0 spiro atoms. The summed E-state index contributed by atoms with van der Waals surface area (Å²) in [5.74, 6) is -2.29. The monoisotopic (exact) mass is 408 g/mol. The summed E-state index contributed by atoms with van der Waals surface area (Å²) in [6.07, 6.45) is 0. The van der Waals surface area contributed by atoms with E-state index in [1.54, 1.807) is 36.4 Å². The normalized spacial score (nSPS) is 16.2. The van der Waals surface area contributed by atoms with Crippen LogP contribution in [0.2, 0.25) is 0 Å². The number of benzene rings is 2. The lowest BCUT2D eigenvalue weighted by Gasteiger charge is -2.36. The Morgan fingerprint density at radius 3 is 2.29 bits per heavy atom. The summed E-state index contributed by atoms with van der Waals surface area (Å²) in [5, 5.41) is 12.3. The number of anilines is 2. The van der Waals surface area contributed by atoms with Crippen LogP contribution in [0.4, 0.5) is 20.2 Å². The van der Waals surface area contributed by atoms with Gasteiger partial charge in [-0.2, -0.15) is 8.78 Å². The maximum atomic E-state index is 12.6. The number of nitrogens with zero attached hydrogens (tertiary/aromatic N) is 1. The zero-order chi connectivity index (χ0) is 20.1. The molecule has 0 bridgehead atoms. The fourth-order valence-corrected chi connectivity index (χ4v) is 3.80. The number of carbonyl (C=O) groups is 1. The van der Waals surface area contributed by atoms with Gasteiger partial charge in [0.05, 0.1) is 26.2 Å². The molecule has 1 amide bonds. The number of amides is 1. The molecule has 5 nitrogen and oxygen atoms in total. The lowest BCUT2D eigenvalue weighted by molar-refractivity contribution is -0.914. The summed E-state index contributed by atoms with van der Waals surface area (Å²) in [6.45, 7) is 5.23. The van der Waals surface area contributed by atoms with Crippen LogP contribution in [0.3, 0.4) is 0 Å². The first-order chi connectivity index (χ1) is 13.4. The molecule has 0 unspecified atom stereocenters. The lowest BCUT2D eigenvalue weighted by atomic mass is 10.2. The summed E-state index contributed by atoms with van der Waals surface area (Å²) in [6, 6.07) is 13.4. The summed E-state index contributed by atoms with van der Waals surface area (Å²) in [7, 11) is 0. The number of nitrogens with one attached hydrogen (secondary N) is 2. The van der Waals surface area contributed by atoms with Crippen molar-refractivity contribution in [3.63, 3.8) is 0 Å².